The molecule has 0 radical (unpaired) electrons. The Labute approximate surface area is 91.1 Å². The third-order valence-electron chi connectivity index (χ3n) is 1.93. The van der Waals surface area contributed by atoms with Crippen molar-refractivity contribution in [2.45, 2.75) is 25.6 Å². The molecular formula is C11H10F3NO. The summed E-state index contributed by atoms with van der Waals surface area (Å²) in [6.07, 6.45) is -4.48. The van der Waals surface area contributed by atoms with Gasteiger partial charge in [0.15, 0.2) is 0 Å². The van der Waals surface area contributed by atoms with E-state index >= 15 is 0 Å². The van der Waals surface area contributed by atoms with Gasteiger partial charge in [-0.15, -0.1) is 11.8 Å². The Balaban J connectivity index is 2.81. The summed E-state index contributed by atoms with van der Waals surface area (Å²) in [6.45, 7) is 1.62. The minimum absolute atomic E-state index is 0.162. The van der Waals surface area contributed by atoms with Crippen LogP contribution in [-0.2, 0) is 6.18 Å². The molecule has 1 aromatic rings. The lowest BCUT2D eigenvalue weighted by Gasteiger charge is -2.09. The van der Waals surface area contributed by atoms with Crippen LogP contribution in [0.3, 0.4) is 0 Å². The molecule has 1 atom stereocenters. The van der Waals surface area contributed by atoms with Gasteiger partial charge in [0.25, 0.3) is 0 Å². The second kappa shape index (κ2) is 4.99. The summed E-state index contributed by atoms with van der Waals surface area (Å²) < 4.78 is 36.6. The highest BCUT2D eigenvalue weighted by molar-refractivity contribution is 5.19. The van der Waals surface area contributed by atoms with Crippen LogP contribution in [0.2, 0.25) is 0 Å². The average Bonchev–Trinajstić information content (AvgIpc) is 2.25. The predicted octanol–water partition coefficient (Wildman–Crippen LogP) is 2.55. The fourth-order valence-corrected chi connectivity index (χ4v) is 1.07. The molecule has 1 aromatic heterocycles. The molecule has 0 aliphatic heterocycles. The standard InChI is InChI=1S/C11H10F3NO/c1-2-3-4-10(16)9-6-5-8(7-15-9)11(12,13)14/h5-7,10,16H,4H2,1H3. The number of aromatic nitrogens is 1. The van der Waals surface area contributed by atoms with Crippen LogP contribution < -0.4 is 0 Å². The highest BCUT2D eigenvalue weighted by atomic mass is 19.4. The first-order chi connectivity index (χ1) is 7.45. The summed E-state index contributed by atoms with van der Waals surface area (Å²) in [5, 5.41) is 9.50. The molecule has 1 N–H and O–H groups in total. The SMILES string of the molecule is CC#CCC(O)c1ccc(C(F)(F)F)cn1. The molecule has 86 valence electrons. The van der Waals surface area contributed by atoms with Gasteiger partial charge in [0.1, 0.15) is 6.10 Å². The highest BCUT2D eigenvalue weighted by Gasteiger charge is 2.30. The van der Waals surface area contributed by atoms with E-state index in [-0.39, 0.29) is 12.1 Å². The summed E-state index contributed by atoms with van der Waals surface area (Å²) in [4.78, 5) is 3.56. The minimum atomic E-state index is -4.40. The molecule has 1 rings (SSSR count). The van der Waals surface area contributed by atoms with Crippen LogP contribution in [0.25, 0.3) is 0 Å². The van der Waals surface area contributed by atoms with Gasteiger partial charge in [0.2, 0.25) is 0 Å². The molecule has 1 unspecified atom stereocenters. The molecule has 2 nitrogen and oxygen atoms in total. The third-order valence-corrected chi connectivity index (χ3v) is 1.93. The molecule has 0 spiro atoms. The van der Waals surface area contributed by atoms with Gasteiger partial charge < -0.3 is 5.11 Å². The zero-order chi connectivity index (χ0) is 12.2. The van der Waals surface area contributed by atoms with Crippen molar-refractivity contribution in [1.82, 2.24) is 4.98 Å². The maximum Gasteiger partial charge on any atom is 0.417 e. The molecule has 0 fully saturated rings. The maximum atomic E-state index is 12.2. The molecule has 0 aliphatic rings. The number of rotatable bonds is 2. The lowest BCUT2D eigenvalue weighted by molar-refractivity contribution is -0.137. The largest absolute Gasteiger partial charge is 0.417 e. The van der Waals surface area contributed by atoms with Crippen molar-refractivity contribution in [1.29, 1.82) is 0 Å². The van der Waals surface area contributed by atoms with Crippen LogP contribution in [0.15, 0.2) is 18.3 Å². The first kappa shape index (κ1) is 12.5. The van der Waals surface area contributed by atoms with E-state index in [2.05, 4.69) is 16.8 Å². The van der Waals surface area contributed by atoms with E-state index in [1.54, 1.807) is 6.92 Å². The van der Waals surface area contributed by atoms with Gasteiger partial charge in [-0.2, -0.15) is 13.2 Å². The Hall–Kier alpha value is -1.54. The van der Waals surface area contributed by atoms with Crippen molar-refractivity contribution in [2.75, 3.05) is 0 Å². The molecule has 0 amide bonds. The van der Waals surface area contributed by atoms with Crippen molar-refractivity contribution in [2.24, 2.45) is 0 Å². The van der Waals surface area contributed by atoms with E-state index < -0.39 is 17.8 Å². The molecule has 0 aromatic carbocycles. The minimum Gasteiger partial charge on any atom is -0.386 e. The number of hydrogen-bond donors (Lipinski definition) is 1. The first-order valence-corrected chi connectivity index (χ1v) is 4.56. The summed E-state index contributed by atoms with van der Waals surface area (Å²) >= 11 is 0. The Morgan fingerprint density at radius 3 is 2.56 bits per heavy atom. The lowest BCUT2D eigenvalue weighted by Crippen LogP contribution is -2.07. The molecule has 0 bridgehead atoms. The summed E-state index contributed by atoms with van der Waals surface area (Å²) in [5.74, 6) is 5.22. The number of alkyl halides is 3. The molecule has 0 saturated carbocycles. The fraction of sp³-hybridized carbons (Fsp3) is 0.364. The number of hydrogen-bond acceptors (Lipinski definition) is 2. The lowest BCUT2D eigenvalue weighted by atomic mass is 10.1. The Kier molecular flexibility index (Phi) is 3.91. The van der Waals surface area contributed by atoms with E-state index in [0.717, 1.165) is 12.1 Å². The number of aliphatic hydroxyl groups excluding tert-OH is 1. The highest BCUT2D eigenvalue weighted by Crippen LogP contribution is 2.29. The van der Waals surface area contributed by atoms with Gasteiger partial charge >= 0.3 is 6.18 Å². The second-order valence-corrected chi connectivity index (χ2v) is 3.12. The van der Waals surface area contributed by atoms with Gasteiger partial charge in [-0.25, -0.2) is 0 Å². The molecule has 1 heterocycles. The zero-order valence-electron chi connectivity index (χ0n) is 8.54. The maximum absolute atomic E-state index is 12.2. The summed E-state index contributed by atoms with van der Waals surface area (Å²) in [6, 6.07) is 2.05. The average molecular weight is 229 g/mol. The fourth-order valence-electron chi connectivity index (χ4n) is 1.07. The van der Waals surface area contributed by atoms with Crippen LogP contribution in [0.5, 0.6) is 0 Å². The molecule has 0 aliphatic carbocycles. The van der Waals surface area contributed by atoms with Gasteiger partial charge in [-0.05, 0) is 19.1 Å². The van der Waals surface area contributed by atoms with Gasteiger partial charge in [-0.3, -0.25) is 4.98 Å². The Bertz CT molecular complexity index is 400. The van der Waals surface area contributed by atoms with E-state index in [1.165, 1.54) is 0 Å². The number of pyridine rings is 1. The van der Waals surface area contributed by atoms with E-state index in [1.807, 2.05) is 0 Å². The molecular weight excluding hydrogens is 219 g/mol. The zero-order valence-corrected chi connectivity index (χ0v) is 8.54. The van der Waals surface area contributed by atoms with E-state index in [0.29, 0.717) is 6.20 Å². The normalized spacial score (nSPS) is 12.8. The van der Waals surface area contributed by atoms with E-state index in [9.17, 15) is 18.3 Å². The second-order valence-electron chi connectivity index (χ2n) is 3.12. The first-order valence-electron chi connectivity index (χ1n) is 4.56. The number of aliphatic hydroxyl groups is 1. The van der Waals surface area contributed by atoms with Crippen LogP contribution in [0.4, 0.5) is 13.2 Å². The third kappa shape index (κ3) is 3.24. The van der Waals surface area contributed by atoms with Crippen LogP contribution in [0, 0.1) is 11.8 Å². The van der Waals surface area contributed by atoms with Gasteiger partial charge in [-0.1, -0.05) is 0 Å². The van der Waals surface area contributed by atoms with Gasteiger partial charge in [0.05, 0.1) is 11.3 Å². The Morgan fingerprint density at radius 1 is 1.44 bits per heavy atom. The van der Waals surface area contributed by atoms with Gasteiger partial charge in [0, 0.05) is 12.6 Å². The molecule has 16 heavy (non-hydrogen) atoms. The van der Waals surface area contributed by atoms with Crippen LogP contribution >= 0.6 is 0 Å². The summed E-state index contributed by atoms with van der Waals surface area (Å²) in [7, 11) is 0. The van der Waals surface area contributed by atoms with Crippen LogP contribution in [-0.4, -0.2) is 10.1 Å². The quantitative estimate of drug-likeness (QED) is 0.790. The molecule has 5 heteroatoms. The van der Waals surface area contributed by atoms with E-state index in [4.69, 9.17) is 0 Å². The number of halogens is 3. The van der Waals surface area contributed by atoms with Crippen molar-refractivity contribution < 1.29 is 18.3 Å². The van der Waals surface area contributed by atoms with Crippen molar-refractivity contribution >= 4 is 0 Å². The monoisotopic (exact) mass is 229 g/mol. The summed E-state index contributed by atoms with van der Waals surface area (Å²) in [5.41, 5.74) is -0.638. The Morgan fingerprint density at radius 2 is 2.12 bits per heavy atom. The van der Waals surface area contributed by atoms with Crippen molar-refractivity contribution in [3.05, 3.63) is 29.6 Å². The predicted molar refractivity (Wildman–Crippen MR) is 52.3 cm³/mol. The molecule has 0 saturated heterocycles. The van der Waals surface area contributed by atoms with Crippen molar-refractivity contribution in [3.8, 4) is 11.8 Å². The topological polar surface area (TPSA) is 33.1 Å². The number of nitrogens with zero attached hydrogens (tertiary/aromatic N) is 1. The van der Waals surface area contributed by atoms with Crippen molar-refractivity contribution in [3.63, 3.8) is 0 Å². The smallest absolute Gasteiger partial charge is 0.386 e. The van der Waals surface area contributed by atoms with Crippen LogP contribution in [0.1, 0.15) is 30.7 Å².